The van der Waals surface area contributed by atoms with E-state index >= 15 is 0 Å². The van der Waals surface area contributed by atoms with Gasteiger partial charge in [-0.2, -0.15) is 0 Å². The van der Waals surface area contributed by atoms with Crippen molar-refractivity contribution in [1.29, 1.82) is 0 Å². The van der Waals surface area contributed by atoms with Crippen molar-refractivity contribution in [3.8, 4) is 44.5 Å². The molecule has 2 heteroatoms. The highest BCUT2D eigenvalue weighted by atomic mass is 14.6. The van der Waals surface area contributed by atoms with Gasteiger partial charge in [-0.15, -0.1) is 0 Å². The Morgan fingerprint density at radius 1 is 0.259 bits per heavy atom. The summed E-state index contributed by atoms with van der Waals surface area (Å²) >= 11 is 0. The molecule has 2 heterocycles. The molecule has 0 fully saturated rings. The fourth-order valence-electron chi connectivity index (χ4n) is 8.63. The Kier molecular flexibility index (Phi) is 6.90. The molecule has 0 saturated heterocycles. The summed E-state index contributed by atoms with van der Waals surface area (Å²) in [6.45, 7) is 0. The standard InChI is InChI=1S/C52H32N2/c1-2-14-39-33(11-1)21-24-36-29-47-48(32-46(36)39)52(43-18-6-4-16-41(43)38-26-23-35-13-10-28-54-50(35)31-38)45-20-8-7-19-44(45)51(47)42-17-5-3-15-40(42)37-25-22-34-12-9-27-53-49(34)30-37/h1-32H. The molecular formula is C52H32N2. The van der Waals surface area contributed by atoms with E-state index in [0.29, 0.717) is 0 Å². The Bertz CT molecular complexity index is 3290. The quantitative estimate of drug-likeness (QED) is 0.136. The molecule has 0 amide bonds. The van der Waals surface area contributed by atoms with Crippen LogP contribution in [0.5, 0.6) is 0 Å². The monoisotopic (exact) mass is 684 g/mol. The van der Waals surface area contributed by atoms with E-state index in [2.05, 4.69) is 170 Å². The van der Waals surface area contributed by atoms with Crippen LogP contribution in [0.3, 0.4) is 0 Å². The van der Waals surface area contributed by atoms with E-state index in [1.807, 2.05) is 24.5 Å². The number of fused-ring (bicyclic) bond motifs is 7. The van der Waals surface area contributed by atoms with Crippen LogP contribution < -0.4 is 0 Å². The summed E-state index contributed by atoms with van der Waals surface area (Å²) in [6.07, 6.45) is 3.75. The van der Waals surface area contributed by atoms with E-state index in [1.54, 1.807) is 0 Å². The minimum Gasteiger partial charge on any atom is -0.256 e. The lowest BCUT2D eigenvalue weighted by molar-refractivity contribution is 1.41. The maximum atomic E-state index is 4.72. The van der Waals surface area contributed by atoms with Gasteiger partial charge in [-0.1, -0.05) is 146 Å². The van der Waals surface area contributed by atoms with Gasteiger partial charge in [0.1, 0.15) is 0 Å². The van der Waals surface area contributed by atoms with Gasteiger partial charge >= 0.3 is 0 Å². The third kappa shape index (κ3) is 4.81. The lowest BCUT2D eigenvalue weighted by Crippen LogP contribution is -1.95. The van der Waals surface area contributed by atoms with Gasteiger partial charge in [0.05, 0.1) is 11.0 Å². The normalized spacial score (nSPS) is 11.7. The minimum atomic E-state index is 0.993. The molecular weight excluding hydrogens is 653 g/mol. The first-order valence-electron chi connectivity index (χ1n) is 18.5. The van der Waals surface area contributed by atoms with Gasteiger partial charge in [0.2, 0.25) is 0 Å². The molecule has 0 bridgehead atoms. The fourth-order valence-corrected chi connectivity index (χ4v) is 8.63. The van der Waals surface area contributed by atoms with Gasteiger partial charge in [0.25, 0.3) is 0 Å². The van der Waals surface area contributed by atoms with Crippen LogP contribution in [-0.4, -0.2) is 9.97 Å². The highest BCUT2D eigenvalue weighted by Crippen LogP contribution is 2.49. The van der Waals surface area contributed by atoms with Crippen LogP contribution in [0.25, 0.3) is 109 Å². The SMILES string of the molecule is c1ccc(-c2c3ccccc3c(-c3ccccc3-c3ccc4cccnc4c3)c3cc4c(ccc5ccccc54)cc23)c(-c2ccc3cccnc3c2)c1. The van der Waals surface area contributed by atoms with E-state index in [9.17, 15) is 0 Å². The van der Waals surface area contributed by atoms with Crippen LogP contribution in [0.15, 0.2) is 194 Å². The molecule has 9 aromatic carbocycles. The first-order valence-corrected chi connectivity index (χ1v) is 18.5. The van der Waals surface area contributed by atoms with E-state index in [-0.39, 0.29) is 0 Å². The van der Waals surface area contributed by atoms with Gasteiger partial charge < -0.3 is 0 Å². The first kappa shape index (κ1) is 30.5. The zero-order valence-electron chi connectivity index (χ0n) is 29.4. The molecule has 0 radical (unpaired) electrons. The highest BCUT2D eigenvalue weighted by molar-refractivity contribution is 6.27. The average Bonchev–Trinajstić information content (AvgIpc) is 3.24. The molecule has 0 aliphatic heterocycles. The number of aromatic nitrogens is 2. The smallest absolute Gasteiger partial charge is 0.0708 e. The molecule has 54 heavy (non-hydrogen) atoms. The van der Waals surface area contributed by atoms with Gasteiger partial charge in [0.15, 0.2) is 0 Å². The Balaban J connectivity index is 1.28. The number of rotatable bonds is 4. The summed E-state index contributed by atoms with van der Waals surface area (Å²) in [6, 6.07) is 66.4. The van der Waals surface area contributed by atoms with Crippen LogP contribution >= 0.6 is 0 Å². The molecule has 11 aromatic rings. The summed E-state index contributed by atoms with van der Waals surface area (Å²) in [5.41, 5.74) is 11.6. The first-order chi connectivity index (χ1) is 26.8. The van der Waals surface area contributed by atoms with Crippen LogP contribution in [-0.2, 0) is 0 Å². The van der Waals surface area contributed by atoms with Gasteiger partial charge in [-0.05, 0) is 124 Å². The second kappa shape index (κ2) is 12.2. The topological polar surface area (TPSA) is 25.8 Å². The summed E-state index contributed by atoms with van der Waals surface area (Å²) in [4.78, 5) is 9.44. The van der Waals surface area contributed by atoms with E-state index in [1.165, 1.54) is 76.5 Å². The number of nitrogens with zero attached hydrogens (tertiary/aromatic N) is 2. The van der Waals surface area contributed by atoms with Crippen LogP contribution in [0.4, 0.5) is 0 Å². The van der Waals surface area contributed by atoms with Crippen molar-refractivity contribution in [1.82, 2.24) is 9.97 Å². The Labute approximate surface area is 312 Å². The molecule has 0 N–H and O–H groups in total. The minimum absolute atomic E-state index is 0.993. The van der Waals surface area contributed by atoms with Crippen LogP contribution in [0.1, 0.15) is 0 Å². The number of pyridine rings is 2. The molecule has 0 aliphatic carbocycles. The molecule has 0 aliphatic rings. The number of hydrogen-bond donors (Lipinski definition) is 0. The largest absolute Gasteiger partial charge is 0.256 e. The molecule has 2 nitrogen and oxygen atoms in total. The highest BCUT2D eigenvalue weighted by Gasteiger charge is 2.22. The summed E-state index contributed by atoms with van der Waals surface area (Å²) in [5, 5.41) is 12.2. The van der Waals surface area contributed by atoms with Crippen molar-refractivity contribution in [2.24, 2.45) is 0 Å². The Hall–Kier alpha value is -7.16. The maximum absolute atomic E-state index is 4.72. The molecule has 11 rings (SSSR count). The van der Waals surface area contributed by atoms with Crippen molar-refractivity contribution in [2.45, 2.75) is 0 Å². The second-order valence-corrected chi connectivity index (χ2v) is 14.1. The molecule has 0 unspecified atom stereocenters. The van der Waals surface area contributed by atoms with Crippen LogP contribution in [0, 0.1) is 0 Å². The summed E-state index contributed by atoms with van der Waals surface area (Å²) in [7, 11) is 0. The second-order valence-electron chi connectivity index (χ2n) is 14.1. The predicted octanol–water partition coefficient (Wildman–Crippen LogP) is 14.1. The lowest BCUT2D eigenvalue weighted by atomic mass is 9.81. The number of benzene rings is 9. The van der Waals surface area contributed by atoms with Crippen molar-refractivity contribution in [2.75, 3.05) is 0 Å². The Morgan fingerprint density at radius 2 is 0.704 bits per heavy atom. The average molecular weight is 685 g/mol. The maximum Gasteiger partial charge on any atom is 0.0708 e. The zero-order chi connectivity index (χ0) is 35.6. The zero-order valence-corrected chi connectivity index (χ0v) is 29.4. The van der Waals surface area contributed by atoms with E-state index in [0.717, 1.165) is 32.9 Å². The van der Waals surface area contributed by atoms with E-state index in [4.69, 9.17) is 9.97 Å². The van der Waals surface area contributed by atoms with Crippen molar-refractivity contribution >= 4 is 64.9 Å². The summed E-state index contributed by atoms with van der Waals surface area (Å²) in [5.74, 6) is 0. The van der Waals surface area contributed by atoms with Crippen LogP contribution in [0.2, 0.25) is 0 Å². The third-order valence-corrected chi connectivity index (χ3v) is 11.1. The predicted molar refractivity (Wildman–Crippen MR) is 229 cm³/mol. The number of hydrogen-bond acceptors (Lipinski definition) is 2. The Morgan fingerprint density at radius 3 is 1.30 bits per heavy atom. The van der Waals surface area contributed by atoms with E-state index < -0.39 is 0 Å². The molecule has 250 valence electrons. The fraction of sp³-hybridized carbons (Fsp3) is 0. The van der Waals surface area contributed by atoms with Crippen molar-refractivity contribution < 1.29 is 0 Å². The molecule has 0 saturated carbocycles. The lowest BCUT2D eigenvalue weighted by Gasteiger charge is -2.22. The van der Waals surface area contributed by atoms with Gasteiger partial charge in [0, 0.05) is 23.2 Å². The van der Waals surface area contributed by atoms with Crippen molar-refractivity contribution in [3.05, 3.63) is 194 Å². The van der Waals surface area contributed by atoms with Gasteiger partial charge in [-0.25, -0.2) is 0 Å². The molecule has 0 spiro atoms. The molecule has 2 aromatic heterocycles. The van der Waals surface area contributed by atoms with Gasteiger partial charge in [-0.3, -0.25) is 9.97 Å². The third-order valence-electron chi connectivity index (χ3n) is 11.1. The molecule has 0 atom stereocenters. The summed E-state index contributed by atoms with van der Waals surface area (Å²) < 4.78 is 0. The van der Waals surface area contributed by atoms with Crippen molar-refractivity contribution in [3.63, 3.8) is 0 Å².